The van der Waals surface area contributed by atoms with Crippen LogP contribution < -0.4 is 9.86 Å². The third-order valence-corrected chi connectivity index (χ3v) is 7.00. The highest BCUT2D eigenvalue weighted by Crippen LogP contribution is 2.25. The predicted octanol–water partition coefficient (Wildman–Crippen LogP) is 3.19. The molecule has 33 heavy (non-hydrogen) atoms. The Hall–Kier alpha value is -3.98. The monoisotopic (exact) mass is 463 g/mol. The molecule has 2 aromatic carbocycles. The lowest BCUT2D eigenvalue weighted by Gasteiger charge is -2.20. The Morgan fingerprint density at radius 3 is 2.48 bits per heavy atom. The summed E-state index contributed by atoms with van der Waals surface area (Å²) < 4.78 is 34.3. The SMILES string of the molecule is Cc1cccn2c(=O)cc(COC(=O)c3ccccc3S(=O)(=O)N(C)c3ccccc3)nc12. The minimum atomic E-state index is -4.03. The van der Waals surface area contributed by atoms with Crippen LogP contribution >= 0.6 is 0 Å². The molecule has 0 N–H and O–H groups in total. The number of sulfonamides is 1. The average molecular weight is 464 g/mol. The number of carbonyl (C=O) groups excluding carboxylic acids is 1. The van der Waals surface area contributed by atoms with Gasteiger partial charge in [-0.2, -0.15) is 0 Å². The number of hydrogen-bond acceptors (Lipinski definition) is 6. The lowest BCUT2D eigenvalue weighted by molar-refractivity contribution is 0.0463. The molecular formula is C24H21N3O5S. The van der Waals surface area contributed by atoms with E-state index < -0.39 is 16.0 Å². The zero-order valence-electron chi connectivity index (χ0n) is 18.0. The van der Waals surface area contributed by atoms with Gasteiger partial charge in [-0.05, 0) is 42.8 Å². The first-order valence-electron chi connectivity index (χ1n) is 10.1. The summed E-state index contributed by atoms with van der Waals surface area (Å²) in [6.07, 6.45) is 1.61. The highest BCUT2D eigenvalue weighted by molar-refractivity contribution is 7.92. The molecule has 0 aliphatic rings. The Morgan fingerprint density at radius 2 is 1.73 bits per heavy atom. The van der Waals surface area contributed by atoms with Gasteiger partial charge in [-0.1, -0.05) is 36.4 Å². The van der Waals surface area contributed by atoms with Crippen LogP contribution in [0.25, 0.3) is 5.65 Å². The zero-order valence-corrected chi connectivity index (χ0v) is 18.8. The summed E-state index contributed by atoms with van der Waals surface area (Å²) in [5.41, 5.74) is 1.57. The fraction of sp³-hybridized carbons (Fsp3) is 0.125. The fourth-order valence-electron chi connectivity index (χ4n) is 3.38. The standard InChI is InChI=1S/C24H21N3O5S/c1-17-9-8-14-27-22(28)15-18(25-23(17)27)16-32-24(29)20-12-6-7-13-21(20)33(30,31)26(2)19-10-4-3-5-11-19/h3-15H,16H2,1-2H3. The van der Waals surface area contributed by atoms with Crippen LogP contribution in [-0.2, 0) is 21.4 Å². The molecule has 4 rings (SSSR count). The highest BCUT2D eigenvalue weighted by atomic mass is 32.2. The molecule has 0 radical (unpaired) electrons. The number of nitrogens with zero attached hydrogens (tertiary/aromatic N) is 3. The minimum absolute atomic E-state index is 0.103. The summed E-state index contributed by atoms with van der Waals surface area (Å²) in [6, 6.07) is 19.2. The minimum Gasteiger partial charge on any atom is -0.456 e. The van der Waals surface area contributed by atoms with Crippen molar-refractivity contribution >= 4 is 27.3 Å². The number of rotatable bonds is 6. The van der Waals surface area contributed by atoms with Crippen molar-refractivity contribution in [1.82, 2.24) is 9.38 Å². The molecule has 0 amide bonds. The molecule has 168 valence electrons. The van der Waals surface area contributed by atoms with Gasteiger partial charge in [0.1, 0.15) is 17.1 Å². The molecule has 0 fully saturated rings. The van der Waals surface area contributed by atoms with Gasteiger partial charge in [0, 0.05) is 19.3 Å². The number of carbonyl (C=O) groups is 1. The molecule has 2 heterocycles. The number of para-hydroxylation sites is 1. The maximum atomic E-state index is 13.2. The Morgan fingerprint density at radius 1 is 1.03 bits per heavy atom. The van der Waals surface area contributed by atoms with Crippen LogP contribution in [0, 0.1) is 6.92 Å². The normalized spacial score (nSPS) is 11.3. The number of esters is 1. The van der Waals surface area contributed by atoms with Crippen LogP contribution in [0.1, 0.15) is 21.6 Å². The van der Waals surface area contributed by atoms with Gasteiger partial charge >= 0.3 is 5.97 Å². The van der Waals surface area contributed by atoms with E-state index in [4.69, 9.17) is 4.74 Å². The number of pyridine rings is 1. The molecule has 0 saturated heterocycles. The van der Waals surface area contributed by atoms with Gasteiger partial charge in [-0.25, -0.2) is 18.2 Å². The molecule has 0 aliphatic carbocycles. The van der Waals surface area contributed by atoms with E-state index in [0.29, 0.717) is 11.3 Å². The Kier molecular flexibility index (Phi) is 5.97. The van der Waals surface area contributed by atoms with E-state index in [2.05, 4.69) is 4.98 Å². The van der Waals surface area contributed by atoms with Crippen molar-refractivity contribution in [3.05, 3.63) is 106 Å². The van der Waals surface area contributed by atoms with E-state index in [1.165, 1.54) is 35.7 Å². The van der Waals surface area contributed by atoms with E-state index in [1.807, 2.05) is 13.0 Å². The van der Waals surface area contributed by atoms with E-state index in [0.717, 1.165) is 9.87 Å². The van der Waals surface area contributed by atoms with Gasteiger partial charge in [0.2, 0.25) is 0 Å². The van der Waals surface area contributed by atoms with Crippen molar-refractivity contribution in [3.63, 3.8) is 0 Å². The van der Waals surface area contributed by atoms with Crippen molar-refractivity contribution < 1.29 is 17.9 Å². The van der Waals surface area contributed by atoms with Crippen LogP contribution in [-0.4, -0.2) is 30.8 Å². The number of fused-ring (bicyclic) bond motifs is 1. The lowest BCUT2D eigenvalue weighted by atomic mass is 10.2. The number of benzene rings is 2. The number of aromatic nitrogens is 2. The smallest absolute Gasteiger partial charge is 0.339 e. The van der Waals surface area contributed by atoms with Crippen molar-refractivity contribution in [1.29, 1.82) is 0 Å². The van der Waals surface area contributed by atoms with E-state index in [9.17, 15) is 18.0 Å². The fourth-order valence-corrected chi connectivity index (χ4v) is 4.76. The van der Waals surface area contributed by atoms with Gasteiger partial charge < -0.3 is 4.74 Å². The topological polar surface area (TPSA) is 98.0 Å². The number of ether oxygens (including phenoxy) is 1. The quantitative estimate of drug-likeness (QED) is 0.408. The molecule has 9 heteroatoms. The maximum Gasteiger partial charge on any atom is 0.339 e. The molecule has 2 aromatic heterocycles. The first-order chi connectivity index (χ1) is 15.8. The number of anilines is 1. The summed E-state index contributed by atoms with van der Waals surface area (Å²) in [5.74, 6) is -0.831. The zero-order chi connectivity index (χ0) is 23.6. The second-order valence-corrected chi connectivity index (χ2v) is 9.29. The van der Waals surface area contributed by atoms with Crippen molar-refractivity contribution in [2.45, 2.75) is 18.4 Å². The van der Waals surface area contributed by atoms with Crippen molar-refractivity contribution in [3.8, 4) is 0 Å². The molecule has 0 spiro atoms. The van der Waals surface area contributed by atoms with Gasteiger partial charge in [0.05, 0.1) is 16.9 Å². The Labute approximate surface area is 190 Å². The maximum absolute atomic E-state index is 13.2. The van der Waals surface area contributed by atoms with E-state index in [1.54, 1.807) is 48.7 Å². The summed E-state index contributed by atoms with van der Waals surface area (Å²) in [7, 11) is -2.61. The molecule has 0 atom stereocenters. The first kappa shape index (κ1) is 22.2. The number of hydrogen-bond donors (Lipinski definition) is 0. The van der Waals surface area contributed by atoms with Gasteiger partial charge in [-0.15, -0.1) is 0 Å². The Balaban J connectivity index is 1.61. The lowest BCUT2D eigenvalue weighted by Crippen LogP contribution is -2.28. The first-order valence-corrected chi connectivity index (χ1v) is 11.5. The molecular weight excluding hydrogens is 442 g/mol. The molecule has 4 aromatic rings. The van der Waals surface area contributed by atoms with Crippen LogP contribution in [0.2, 0.25) is 0 Å². The van der Waals surface area contributed by atoms with Crippen LogP contribution in [0.3, 0.4) is 0 Å². The highest BCUT2D eigenvalue weighted by Gasteiger charge is 2.27. The second-order valence-electron chi connectivity index (χ2n) is 7.35. The summed E-state index contributed by atoms with van der Waals surface area (Å²) in [5, 5.41) is 0. The van der Waals surface area contributed by atoms with Gasteiger partial charge in [0.25, 0.3) is 15.6 Å². The van der Waals surface area contributed by atoms with Crippen molar-refractivity contribution in [2.24, 2.45) is 0 Å². The third kappa shape index (κ3) is 4.35. The van der Waals surface area contributed by atoms with E-state index >= 15 is 0 Å². The van der Waals surface area contributed by atoms with E-state index in [-0.39, 0.29) is 28.3 Å². The molecule has 8 nitrogen and oxygen atoms in total. The summed E-state index contributed by atoms with van der Waals surface area (Å²) in [6.45, 7) is 1.55. The van der Waals surface area contributed by atoms with Crippen LogP contribution in [0.4, 0.5) is 5.69 Å². The Bertz CT molecular complexity index is 1500. The van der Waals surface area contributed by atoms with Gasteiger partial charge in [-0.3, -0.25) is 13.5 Å². The largest absolute Gasteiger partial charge is 0.456 e. The predicted molar refractivity (Wildman–Crippen MR) is 124 cm³/mol. The molecule has 0 bridgehead atoms. The van der Waals surface area contributed by atoms with Crippen LogP contribution in [0.5, 0.6) is 0 Å². The average Bonchev–Trinajstić information content (AvgIpc) is 2.83. The van der Waals surface area contributed by atoms with Gasteiger partial charge in [0.15, 0.2) is 0 Å². The molecule has 0 saturated carbocycles. The molecule has 0 aliphatic heterocycles. The van der Waals surface area contributed by atoms with Crippen LogP contribution in [0.15, 0.2) is 88.7 Å². The molecule has 0 unspecified atom stereocenters. The summed E-state index contributed by atoms with van der Waals surface area (Å²) in [4.78, 5) is 29.4. The second kappa shape index (κ2) is 8.87. The third-order valence-electron chi connectivity index (χ3n) is 5.16. The number of aryl methyl sites for hydroxylation is 1. The van der Waals surface area contributed by atoms with Crippen molar-refractivity contribution in [2.75, 3.05) is 11.4 Å². The summed E-state index contributed by atoms with van der Waals surface area (Å²) >= 11 is 0.